The van der Waals surface area contributed by atoms with E-state index in [9.17, 15) is 14.4 Å². The predicted octanol–water partition coefficient (Wildman–Crippen LogP) is 2.15. The largest absolute Gasteiger partial charge is 0.338 e. The Hall–Kier alpha value is -2.32. The molecule has 0 aliphatic carbocycles. The fraction of sp³-hybridized carbons (Fsp3) is 0.500. The fourth-order valence-electron chi connectivity index (χ4n) is 3.09. The number of carbonyl (C=O) groups excluding carboxylic acids is 3. The molecule has 0 saturated carbocycles. The number of nitrogens with zero attached hydrogens (tertiary/aromatic N) is 3. The summed E-state index contributed by atoms with van der Waals surface area (Å²) in [6, 6.07) is 8.95. The van der Waals surface area contributed by atoms with Gasteiger partial charge in [0, 0.05) is 51.9 Å². The van der Waals surface area contributed by atoms with Crippen LogP contribution in [0.25, 0.3) is 6.08 Å². The van der Waals surface area contributed by atoms with Gasteiger partial charge in [-0.2, -0.15) is 0 Å². The number of likely N-dealkylation sites (N-methyl/N-ethyl adjacent to an activating group) is 1. The molecule has 1 aromatic carbocycles. The van der Waals surface area contributed by atoms with Gasteiger partial charge in [0.25, 0.3) is 0 Å². The summed E-state index contributed by atoms with van der Waals surface area (Å²) in [5.41, 5.74) is 1.05. The summed E-state index contributed by atoms with van der Waals surface area (Å²) in [7, 11) is 2.03. The smallest absolute Gasteiger partial charge is 0.318 e. The number of urea groups is 1. The lowest BCUT2D eigenvalue weighted by Gasteiger charge is -2.34. The van der Waals surface area contributed by atoms with Crippen molar-refractivity contribution >= 4 is 34.9 Å². The van der Waals surface area contributed by atoms with Gasteiger partial charge in [-0.25, -0.2) is 4.79 Å². The van der Waals surface area contributed by atoms with Gasteiger partial charge < -0.3 is 20.0 Å². The van der Waals surface area contributed by atoms with E-state index in [1.807, 2.05) is 49.5 Å². The molecule has 1 saturated heterocycles. The molecule has 1 heterocycles. The van der Waals surface area contributed by atoms with Gasteiger partial charge in [0.2, 0.25) is 5.91 Å². The number of hydrogen-bond donors (Lipinski definition) is 1. The number of hydrogen-bond acceptors (Lipinski definition) is 5. The Kier molecular flexibility index (Phi) is 9.89. The number of benzene rings is 1. The molecule has 1 aliphatic rings. The molecule has 0 aromatic heterocycles. The van der Waals surface area contributed by atoms with Crippen molar-refractivity contribution in [2.45, 2.75) is 19.9 Å². The molecule has 7 nitrogen and oxygen atoms in total. The monoisotopic (exact) mass is 432 g/mol. The highest BCUT2D eigenvalue weighted by atomic mass is 32.2. The molecule has 2 rings (SSSR count). The van der Waals surface area contributed by atoms with Crippen molar-refractivity contribution in [1.82, 2.24) is 20.0 Å². The van der Waals surface area contributed by atoms with Gasteiger partial charge in [-0.3, -0.25) is 9.59 Å². The Bertz CT molecular complexity index is 733. The summed E-state index contributed by atoms with van der Waals surface area (Å²) in [6.07, 6.45) is 3.87. The quantitative estimate of drug-likeness (QED) is 0.682. The first-order chi connectivity index (χ1) is 14.4. The number of piperazine rings is 1. The molecule has 1 aromatic rings. The summed E-state index contributed by atoms with van der Waals surface area (Å²) >= 11 is 1.19. The molecule has 1 unspecified atom stereocenters. The number of nitrogens with one attached hydrogen (secondary N) is 1. The first-order valence-corrected chi connectivity index (χ1v) is 11.2. The maximum Gasteiger partial charge on any atom is 0.318 e. The van der Waals surface area contributed by atoms with Gasteiger partial charge in [-0.1, -0.05) is 54.2 Å². The average Bonchev–Trinajstić information content (AvgIpc) is 2.73. The first-order valence-electron chi connectivity index (χ1n) is 10.2. The van der Waals surface area contributed by atoms with Crippen LogP contribution in [-0.2, 0) is 9.59 Å². The van der Waals surface area contributed by atoms with Gasteiger partial charge >= 0.3 is 6.03 Å². The fourth-order valence-corrected chi connectivity index (χ4v) is 3.69. The third-order valence-corrected chi connectivity index (χ3v) is 5.71. The zero-order valence-corrected chi connectivity index (χ0v) is 18.9. The summed E-state index contributed by atoms with van der Waals surface area (Å²) < 4.78 is 0. The third kappa shape index (κ3) is 8.20. The molecule has 0 spiro atoms. The van der Waals surface area contributed by atoms with Crippen molar-refractivity contribution in [3.8, 4) is 0 Å². The van der Waals surface area contributed by atoms with Gasteiger partial charge in [-0.15, -0.1) is 0 Å². The topological polar surface area (TPSA) is 73.0 Å². The van der Waals surface area contributed by atoms with Crippen LogP contribution < -0.4 is 5.32 Å². The molecule has 1 fully saturated rings. The summed E-state index contributed by atoms with van der Waals surface area (Å²) in [6.45, 7) is 7.08. The van der Waals surface area contributed by atoms with Crippen LogP contribution in [0.4, 0.5) is 4.79 Å². The van der Waals surface area contributed by atoms with E-state index in [0.717, 1.165) is 18.7 Å². The lowest BCUT2D eigenvalue weighted by Crippen LogP contribution is -2.55. The van der Waals surface area contributed by atoms with Crippen LogP contribution in [0.15, 0.2) is 36.4 Å². The molecule has 1 N–H and O–H groups in total. The first kappa shape index (κ1) is 24.0. The van der Waals surface area contributed by atoms with Crippen molar-refractivity contribution in [3.63, 3.8) is 0 Å². The molecule has 30 heavy (non-hydrogen) atoms. The van der Waals surface area contributed by atoms with E-state index < -0.39 is 6.04 Å². The normalized spacial score (nSPS) is 15.8. The van der Waals surface area contributed by atoms with Gasteiger partial charge in [0.1, 0.15) is 6.04 Å². The molecule has 1 aliphatic heterocycles. The minimum Gasteiger partial charge on any atom is -0.338 e. The third-order valence-electron chi connectivity index (χ3n) is 4.91. The van der Waals surface area contributed by atoms with Crippen molar-refractivity contribution in [2.24, 2.45) is 0 Å². The molecular weight excluding hydrogens is 400 g/mol. The number of carbonyl (C=O) groups is 3. The Labute approximate surface area is 183 Å². The molecule has 3 amide bonds. The Morgan fingerprint density at radius 1 is 1.17 bits per heavy atom. The van der Waals surface area contributed by atoms with E-state index in [0.29, 0.717) is 31.9 Å². The molecule has 0 radical (unpaired) electrons. The molecule has 8 heteroatoms. The van der Waals surface area contributed by atoms with E-state index in [1.54, 1.807) is 16.7 Å². The molecular formula is C22H32N4O3S. The minimum absolute atomic E-state index is 0.0220. The number of amides is 3. The van der Waals surface area contributed by atoms with Gasteiger partial charge in [-0.05, 0) is 19.5 Å². The lowest BCUT2D eigenvalue weighted by atomic mass is 10.2. The van der Waals surface area contributed by atoms with E-state index in [1.165, 1.54) is 18.7 Å². The number of rotatable bonds is 8. The van der Waals surface area contributed by atoms with Crippen LogP contribution >= 0.6 is 11.8 Å². The second-order valence-corrected chi connectivity index (χ2v) is 8.67. The zero-order chi connectivity index (χ0) is 21.9. The van der Waals surface area contributed by atoms with Crippen LogP contribution in [0, 0.1) is 0 Å². The Balaban J connectivity index is 1.93. The van der Waals surface area contributed by atoms with Crippen LogP contribution in [-0.4, -0.2) is 89.9 Å². The highest BCUT2D eigenvalue weighted by Crippen LogP contribution is 2.07. The van der Waals surface area contributed by atoms with E-state index >= 15 is 0 Å². The second-order valence-electron chi connectivity index (χ2n) is 7.40. The Morgan fingerprint density at radius 3 is 2.47 bits per heavy atom. The van der Waals surface area contributed by atoms with Crippen LogP contribution in [0.1, 0.15) is 19.4 Å². The Morgan fingerprint density at radius 2 is 1.83 bits per heavy atom. The van der Waals surface area contributed by atoms with Crippen molar-refractivity contribution in [3.05, 3.63) is 42.0 Å². The summed E-state index contributed by atoms with van der Waals surface area (Å²) in [5.74, 6) is 0.456. The second kappa shape index (κ2) is 12.4. The predicted molar refractivity (Wildman–Crippen MR) is 122 cm³/mol. The maximum absolute atomic E-state index is 12.8. The van der Waals surface area contributed by atoms with Crippen LogP contribution in [0.2, 0.25) is 0 Å². The zero-order valence-electron chi connectivity index (χ0n) is 18.0. The average molecular weight is 433 g/mol. The highest BCUT2D eigenvalue weighted by Gasteiger charge is 2.26. The minimum atomic E-state index is -0.595. The van der Waals surface area contributed by atoms with Crippen LogP contribution in [0.3, 0.4) is 0 Å². The van der Waals surface area contributed by atoms with Crippen molar-refractivity contribution < 1.29 is 14.4 Å². The molecule has 0 bridgehead atoms. The summed E-state index contributed by atoms with van der Waals surface area (Å²) in [4.78, 5) is 42.3. The highest BCUT2D eigenvalue weighted by molar-refractivity contribution is 8.13. The van der Waals surface area contributed by atoms with E-state index in [-0.39, 0.29) is 17.1 Å². The van der Waals surface area contributed by atoms with Crippen LogP contribution in [0.5, 0.6) is 0 Å². The SMILES string of the molecule is CC(=O)SCCN(CC=Cc1ccccc1)C(=O)NC(C)C(=O)N1CCN(C)CC1. The van der Waals surface area contributed by atoms with Gasteiger partial charge in [0.15, 0.2) is 5.12 Å². The molecule has 164 valence electrons. The molecule has 1 atom stereocenters. The lowest BCUT2D eigenvalue weighted by molar-refractivity contribution is -0.134. The summed E-state index contributed by atoms with van der Waals surface area (Å²) in [5, 5.41) is 2.85. The van der Waals surface area contributed by atoms with Crippen molar-refractivity contribution in [2.75, 3.05) is 52.1 Å². The van der Waals surface area contributed by atoms with Gasteiger partial charge in [0.05, 0.1) is 0 Å². The maximum atomic E-state index is 12.8. The van der Waals surface area contributed by atoms with E-state index in [4.69, 9.17) is 0 Å². The van der Waals surface area contributed by atoms with E-state index in [2.05, 4.69) is 10.2 Å². The van der Waals surface area contributed by atoms with Crippen molar-refractivity contribution in [1.29, 1.82) is 0 Å². The standard InChI is InChI=1S/C22H32N4O3S/c1-18(21(28)25-14-12-24(3)13-15-25)23-22(29)26(16-17-30-19(2)27)11-7-10-20-8-5-4-6-9-20/h4-10,18H,11-17H2,1-3H3,(H,23,29). The number of thioether (sulfide) groups is 1.